The highest BCUT2D eigenvalue weighted by molar-refractivity contribution is 6.25. The van der Waals surface area contributed by atoms with Crippen LogP contribution in [0.5, 0.6) is 0 Å². The summed E-state index contributed by atoms with van der Waals surface area (Å²) in [5, 5.41) is 2.52. The zero-order chi connectivity index (χ0) is 14.7. The molecular formula is C13H15ClFNO3. The molecule has 0 saturated carbocycles. The Hall–Kier alpha value is -1.88. The predicted octanol–water partition coefficient (Wildman–Crippen LogP) is 2.38. The molecule has 0 aliphatic heterocycles. The number of carbonyl (C=O) groups is 2. The summed E-state index contributed by atoms with van der Waals surface area (Å²) in [4.78, 5) is 21.6. The average Bonchev–Trinajstić information content (AvgIpc) is 2.42. The largest absolute Gasteiger partial charge is 0.484 e. The Kier molecular flexibility index (Phi) is 9.08. The van der Waals surface area contributed by atoms with Crippen molar-refractivity contribution >= 4 is 23.8 Å². The summed E-state index contributed by atoms with van der Waals surface area (Å²) in [5.74, 6) is -1.03. The number of amides is 1. The second kappa shape index (κ2) is 10.1. The SMILES string of the molecule is C=C/C(=C\C(F)=C\Cl)OCC(=O)NCCC(=C)C=O. The van der Waals surface area contributed by atoms with Crippen molar-refractivity contribution in [1.82, 2.24) is 5.32 Å². The first-order valence-electron chi connectivity index (χ1n) is 5.36. The normalized spacial score (nSPS) is 11.7. The van der Waals surface area contributed by atoms with Gasteiger partial charge in [-0.3, -0.25) is 9.59 Å². The fourth-order valence-corrected chi connectivity index (χ4v) is 1.01. The van der Waals surface area contributed by atoms with Crippen molar-refractivity contribution < 1.29 is 18.7 Å². The zero-order valence-corrected chi connectivity index (χ0v) is 11.1. The molecule has 19 heavy (non-hydrogen) atoms. The molecule has 0 aromatic heterocycles. The van der Waals surface area contributed by atoms with Gasteiger partial charge >= 0.3 is 0 Å². The summed E-state index contributed by atoms with van der Waals surface area (Å²) in [7, 11) is 0. The van der Waals surface area contributed by atoms with Gasteiger partial charge in [-0.15, -0.1) is 0 Å². The molecule has 0 bridgehead atoms. The molecular weight excluding hydrogens is 273 g/mol. The Labute approximate surface area is 116 Å². The lowest BCUT2D eigenvalue weighted by Crippen LogP contribution is -2.28. The van der Waals surface area contributed by atoms with E-state index in [0.717, 1.165) is 11.6 Å². The minimum absolute atomic E-state index is 0.0850. The van der Waals surface area contributed by atoms with Crippen molar-refractivity contribution in [2.24, 2.45) is 0 Å². The van der Waals surface area contributed by atoms with Crippen LogP contribution in [-0.2, 0) is 14.3 Å². The van der Waals surface area contributed by atoms with Gasteiger partial charge in [0.2, 0.25) is 0 Å². The Morgan fingerprint density at radius 1 is 1.47 bits per heavy atom. The van der Waals surface area contributed by atoms with E-state index in [0.29, 0.717) is 18.3 Å². The fourth-order valence-electron chi connectivity index (χ4n) is 0.948. The Bertz CT molecular complexity index is 416. The highest BCUT2D eigenvalue weighted by atomic mass is 35.5. The molecule has 4 nitrogen and oxygen atoms in total. The standard InChI is InChI=1S/C13H15ClFNO3/c1-3-12(6-11(15)7-14)19-9-13(18)16-5-4-10(2)8-17/h3,6-8H,1-2,4-5,9H2,(H,16,18)/b11-7-,12-6+. The summed E-state index contributed by atoms with van der Waals surface area (Å²) < 4.78 is 17.8. The van der Waals surface area contributed by atoms with Gasteiger partial charge in [0.25, 0.3) is 5.91 Å². The number of hydrogen-bond donors (Lipinski definition) is 1. The third kappa shape index (κ3) is 8.79. The van der Waals surface area contributed by atoms with Gasteiger partial charge in [-0.05, 0) is 18.1 Å². The summed E-state index contributed by atoms with van der Waals surface area (Å²) in [5.41, 5.74) is 1.13. The lowest BCUT2D eigenvalue weighted by molar-refractivity contribution is -0.124. The molecule has 0 saturated heterocycles. The van der Waals surface area contributed by atoms with Gasteiger partial charge in [0.05, 0.1) is 0 Å². The molecule has 0 aromatic carbocycles. The van der Waals surface area contributed by atoms with Gasteiger partial charge < -0.3 is 10.1 Å². The number of nitrogens with one attached hydrogen (secondary N) is 1. The highest BCUT2D eigenvalue weighted by Crippen LogP contribution is 2.07. The maximum atomic E-state index is 12.8. The number of hydrogen-bond acceptors (Lipinski definition) is 3. The number of allylic oxidation sites excluding steroid dienone is 3. The monoisotopic (exact) mass is 287 g/mol. The van der Waals surface area contributed by atoms with Crippen LogP contribution in [0.15, 0.2) is 48.0 Å². The minimum atomic E-state index is -0.709. The number of ether oxygens (including phenoxy) is 1. The van der Waals surface area contributed by atoms with Crippen LogP contribution in [0.4, 0.5) is 4.39 Å². The van der Waals surface area contributed by atoms with Gasteiger partial charge in [0, 0.05) is 18.2 Å². The number of halogens is 2. The van der Waals surface area contributed by atoms with E-state index in [1.54, 1.807) is 0 Å². The molecule has 1 N–H and O–H groups in total. The molecule has 1 amide bonds. The topological polar surface area (TPSA) is 55.4 Å². The van der Waals surface area contributed by atoms with E-state index in [2.05, 4.69) is 18.5 Å². The molecule has 0 radical (unpaired) electrons. The van der Waals surface area contributed by atoms with E-state index < -0.39 is 11.7 Å². The molecule has 6 heteroatoms. The molecule has 0 unspecified atom stereocenters. The number of aldehydes is 1. The van der Waals surface area contributed by atoms with E-state index in [9.17, 15) is 14.0 Å². The Balaban J connectivity index is 4.07. The van der Waals surface area contributed by atoms with Crippen LogP contribution in [0.3, 0.4) is 0 Å². The summed E-state index contributed by atoms with van der Waals surface area (Å²) in [6.07, 6.45) is 3.24. The molecule has 0 rings (SSSR count). The first-order chi connectivity index (χ1) is 9.03. The molecule has 0 aromatic rings. The third-order valence-electron chi connectivity index (χ3n) is 1.89. The summed E-state index contributed by atoms with van der Waals surface area (Å²) in [6.45, 7) is 6.87. The lowest BCUT2D eigenvalue weighted by atomic mass is 10.2. The lowest BCUT2D eigenvalue weighted by Gasteiger charge is -2.07. The molecule has 0 atom stereocenters. The van der Waals surface area contributed by atoms with Crippen molar-refractivity contribution in [2.45, 2.75) is 6.42 Å². The van der Waals surface area contributed by atoms with E-state index in [1.807, 2.05) is 0 Å². The van der Waals surface area contributed by atoms with Crippen LogP contribution in [0, 0.1) is 0 Å². The van der Waals surface area contributed by atoms with E-state index in [-0.39, 0.29) is 18.9 Å². The van der Waals surface area contributed by atoms with Crippen molar-refractivity contribution in [3.05, 3.63) is 48.0 Å². The van der Waals surface area contributed by atoms with E-state index in [1.165, 1.54) is 6.08 Å². The summed E-state index contributed by atoms with van der Waals surface area (Å²) in [6, 6.07) is 0. The van der Waals surface area contributed by atoms with Crippen LogP contribution >= 0.6 is 11.6 Å². The third-order valence-corrected chi connectivity index (χ3v) is 2.10. The maximum absolute atomic E-state index is 12.8. The van der Waals surface area contributed by atoms with Gasteiger partial charge in [-0.25, -0.2) is 4.39 Å². The first-order valence-corrected chi connectivity index (χ1v) is 5.79. The first kappa shape index (κ1) is 17.1. The smallest absolute Gasteiger partial charge is 0.257 e. The van der Waals surface area contributed by atoms with E-state index >= 15 is 0 Å². The van der Waals surface area contributed by atoms with Crippen LogP contribution < -0.4 is 5.32 Å². The van der Waals surface area contributed by atoms with Crippen LogP contribution in [0.1, 0.15) is 6.42 Å². The van der Waals surface area contributed by atoms with Gasteiger partial charge in [0.15, 0.2) is 6.61 Å². The molecule has 0 aliphatic carbocycles. The number of carbonyl (C=O) groups excluding carboxylic acids is 2. The number of rotatable bonds is 9. The minimum Gasteiger partial charge on any atom is -0.484 e. The highest BCUT2D eigenvalue weighted by Gasteiger charge is 2.03. The van der Waals surface area contributed by atoms with Gasteiger partial charge in [-0.2, -0.15) is 0 Å². The van der Waals surface area contributed by atoms with Crippen molar-refractivity contribution in [2.75, 3.05) is 13.2 Å². The Morgan fingerprint density at radius 2 is 2.16 bits per heavy atom. The molecule has 0 aliphatic rings. The maximum Gasteiger partial charge on any atom is 0.257 e. The molecule has 0 spiro atoms. The fraction of sp³-hybridized carbons (Fsp3) is 0.231. The van der Waals surface area contributed by atoms with Crippen LogP contribution in [0.25, 0.3) is 0 Å². The second-order valence-electron chi connectivity index (χ2n) is 3.41. The second-order valence-corrected chi connectivity index (χ2v) is 3.63. The summed E-state index contributed by atoms with van der Waals surface area (Å²) >= 11 is 5.14. The zero-order valence-electron chi connectivity index (χ0n) is 10.3. The quantitative estimate of drug-likeness (QED) is 0.307. The van der Waals surface area contributed by atoms with Crippen molar-refractivity contribution in [1.29, 1.82) is 0 Å². The van der Waals surface area contributed by atoms with Crippen molar-refractivity contribution in [3.63, 3.8) is 0 Å². The van der Waals surface area contributed by atoms with E-state index in [4.69, 9.17) is 16.3 Å². The van der Waals surface area contributed by atoms with Crippen LogP contribution in [-0.4, -0.2) is 25.3 Å². The predicted molar refractivity (Wildman–Crippen MR) is 72.1 cm³/mol. The molecule has 0 heterocycles. The molecule has 0 fully saturated rings. The van der Waals surface area contributed by atoms with Crippen molar-refractivity contribution in [3.8, 4) is 0 Å². The average molecular weight is 288 g/mol. The van der Waals surface area contributed by atoms with Gasteiger partial charge in [-0.1, -0.05) is 24.8 Å². The van der Waals surface area contributed by atoms with Gasteiger partial charge in [0.1, 0.15) is 17.9 Å². The Morgan fingerprint density at radius 3 is 2.68 bits per heavy atom. The molecule has 104 valence electrons. The van der Waals surface area contributed by atoms with Crippen LogP contribution in [0.2, 0.25) is 0 Å².